The lowest BCUT2D eigenvalue weighted by atomic mass is 9.93. The third-order valence-corrected chi connectivity index (χ3v) is 3.43. The summed E-state index contributed by atoms with van der Waals surface area (Å²) >= 11 is 0. The van der Waals surface area contributed by atoms with Gasteiger partial charge in [0.05, 0.1) is 11.2 Å². The van der Waals surface area contributed by atoms with Crippen LogP contribution >= 0.6 is 0 Å². The van der Waals surface area contributed by atoms with E-state index in [0.29, 0.717) is 12.2 Å². The van der Waals surface area contributed by atoms with Gasteiger partial charge in [0, 0.05) is 12.6 Å². The third kappa shape index (κ3) is 3.47. The summed E-state index contributed by atoms with van der Waals surface area (Å²) in [6.07, 6.45) is 1.59. The molecule has 2 rings (SSSR count). The fourth-order valence-electron chi connectivity index (χ4n) is 2.45. The van der Waals surface area contributed by atoms with Crippen molar-refractivity contribution in [2.45, 2.75) is 45.3 Å². The van der Waals surface area contributed by atoms with Crippen LogP contribution in [-0.4, -0.2) is 29.3 Å². The Morgan fingerprint density at radius 1 is 1.47 bits per heavy atom. The Labute approximate surface area is 113 Å². The molecule has 0 spiro atoms. The van der Waals surface area contributed by atoms with Crippen molar-refractivity contribution in [3.05, 3.63) is 29.3 Å². The molecule has 4 heteroatoms. The van der Waals surface area contributed by atoms with Crippen molar-refractivity contribution in [1.82, 2.24) is 5.32 Å². The summed E-state index contributed by atoms with van der Waals surface area (Å²) in [5.74, 6) is -0.191. The molecule has 0 aromatic heterocycles. The van der Waals surface area contributed by atoms with E-state index in [1.54, 1.807) is 12.1 Å². The van der Waals surface area contributed by atoms with Crippen LogP contribution in [-0.2, 0) is 4.74 Å². The Kier molecular flexibility index (Phi) is 3.80. The van der Waals surface area contributed by atoms with Gasteiger partial charge in [0.15, 0.2) is 0 Å². The van der Waals surface area contributed by atoms with Gasteiger partial charge in [-0.2, -0.15) is 0 Å². The Balaban J connectivity index is 2.04. The predicted molar refractivity (Wildman–Crippen MR) is 73.4 cm³/mol. The predicted octanol–water partition coefficient (Wildman–Crippen LogP) is 2.39. The van der Waals surface area contributed by atoms with E-state index in [-0.39, 0.29) is 23.3 Å². The number of amides is 1. The van der Waals surface area contributed by atoms with Crippen LogP contribution in [0.3, 0.4) is 0 Å². The smallest absolute Gasteiger partial charge is 0.255 e. The molecular weight excluding hydrogens is 242 g/mol. The molecule has 1 aromatic rings. The fraction of sp³-hybridized carbons (Fsp3) is 0.533. The van der Waals surface area contributed by atoms with Crippen molar-refractivity contribution in [2.75, 3.05) is 6.61 Å². The normalized spacial score (nSPS) is 21.9. The Hall–Kier alpha value is -1.55. The summed E-state index contributed by atoms with van der Waals surface area (Å²) in [4.78, 5) is 12.1. The zero-order chi connectivity index (χ0) is 14.0. The first-order valence-corrected chi connectivity index (χ1v) is 6.62. The number of hydrogen-bond acceptors (Lipinski definition) is 3. The zero-order valence-electron chi connectivity index (χ0n) is 11.7. The minimum absolute atomic E-state index is 0.0313. The summed E-state index contributed by atoms with van der Waals surface area (Å²) in [5, 5.41) is 12.8. The highest BCUT2D eigenvalue weighted by molar-refractivity contribution is 5.97. The molecule has 1 aliphatic heterocycles. The second-order valence-electron chi connectivity index (χ2n) is 5.79. The Morgan fingerprint density at radius 2 is 2.21 bits per heavy atom. The number of phenols is 1. The molecule has 2 N–H and O–H groups in total. The number of carbonyl (C=O) groups is 1. The molecule has 0 bridgehead atoms. The number of rotatable bonds is 2. The van der Waals surface area contributed by atoms with E-state index in [4.69, 9.17) is 4.74 Å². The summed E-state index contributed by atoms with van der Waals surface area (Å²) in [6.45, 7) is 6.57. The van der Waals surface area contributed by atoms with Gasteiger partial charge in [-0.25, -0.2) is 0 Å². The van der Waals surface area contributed by atoms with E-state index in [0.717, 1.165) is 18.4 Å². The molecular formula is C15H21NO3. The molecule has 4 nitrogen and oxygen atoms in total. The second-order valence-corrected chi connectivity index (χ2v) is 5.79. The Bertz CT molecular complexity index is 482. The molecule has 1 unspecified atom stereocenters. The minimum atomic E-state index is -0.222. The molecule has 1 atom stereocenters. The topological polar surface area (TPSA) is 58.6 Å². The van der Waals surface area contributed by atoms with Crippen LogP contribution in [0.5, 0.6) is 5.75 Å². The van der Waals surface area contributed by atoms with Gasteiger partial charge in [0.25, 0.3) is 5.91 Å². The summed E-state index contributed by atoms with van der Waals surface area (Å²) in [6, 6.07) is 5.17. The first-order valence-electron chi connectivity index (χ1n) is 6.62. The molecule has 1 aromatic carbocycles. The molecule has 1 heterocycles. The van der Waals surface area contributed by atoms with Crippen LogP contribution in [0.1, 0.15) is 42.6 Å². The number of ether oxygens (including phenoxy) is 1. The van der Waals surface area contributed by atoms with E-state index < -0.39 is 0 Å². The van der Waals surface area contributed by atoms with Crippen LogP contribution in [0.15, 0.2) is 18.2 Å². The lowest BCUT2D eigenvalue weighted by Crippen LogP contribution is -2.45. The van der Waals surface area contributed by atoms with Gasteiger partial charge in [-0.1, -0.05) is 6.07 Å². The Morgan fingerprint density at radius 3 is 2.84 bits per heavy atom. The lowest BCUT2D eigenvalue weighted by molar-refractivity contribution is -0.0615. The summed E-state index contributed by atoms with van der Waals surface area (Å²) in [7, 11) is 0. The van der Waals surface area contributed by atoms with Gasteiger partial charge in [-0.15, -0.1) is 0 Å². The van der Waals surface area contributed by atoms with E-state index in [1.165, 1.54) is 0 Å². The van der Waals surface area contributed by atoms with Crippen molar-refractivity contribution in [3.63, 3.8) is 0 Å². The van der Waals surface area contributed by atoms with Crippen molar-refractivity contribution < 1.29 is 14.6 Å². The van der Waals surface area contributed by atoms with Crippen LogP contribution in [0.4, 0.5) is 0 Å². The van der Waals surface area contributed by atoms with Gasteiger partial charge >= 0.3 is 0 Å². The van der Waals surface area contributed by atoms with E-state index >= 15 is 0 Å². The van der Waals surface area contributed by atoms with Crippen molar-refractivity contribution in [2.24, 2.45) is 0 Å². The van der Waals surface area contributed by atoms with Crippen LogP contribution in [0, 0.1) is 6.92 Å². The summed E-state index contributed by atoms with van der Waals surface area (Å²) < 4.78 is 5.62. The molecule has 0 radical (unpaired) electrons. The van der Waals surface area contributed by atoms with Gasteiger partial charge in [0.1, 0.15) is 5.75 Å². The number of nitrogens with one attached hydrogen (secondary N) is 1. The summed E-state index contributed by atoms with van der Waals surface area (Å²) in [5.41, 5.74) is 1.06. The highest BCUT2D eigenvalue weighted by Gasteiger charge is 2.30. The van der Waals surface area contributed by atoms with Crippen molar-refractivity contribution >= 4 is 5.91 Å². The van der Waals surface area contributed by atoms with E-state index in [1.807, 2.05) is 26.8 Å². The SMILES string of the molecule is Cc1ccc(C(=O)NC2CCOC(C)(C)C2)c(O)c1. The lowest BCUT2D eigenvalue weighted by Gasteiger charge is -2.35. The maximum atomic E-state index is 12.1. The molecule has 0 saturated carbocycles. The van der Waals surface area contributed by atoms with Gasteiger partial charge < -0.3 is 15.2 Å². The number of hydrogen-bond donors (Lipinski definition) is 2. The van der Waals surface area contributed by atoms with E-state index in [9.17, 15) is 9.90 Å². The molecule has 1 fully saturated rings. The molecule has 104 valence electrons. The number of aromatic hydroxyl groups is 1. The molecule has 0 aliphatic carbocycles. The van der Waals surface area contributed by atoms with Crippen LogP contribution in [0.2, 0.25) is 0 Å². The quantitative estimate of drug-likeness (QED) is 0.861. The average molecular weight is 263 g/mol. The average Bonchev–Trinajstić information content (AvgIpc) is 2.27. The zero-order valence-corrected chi connectivity index (χ0v) is 11.7. The first kappa shape index (κ1) is 13.9. The van der Waals surface area contributed by atoms with Crippen molar-refractivity contribution in [3.8, 4) is 5.75 Å². The number of benzene rings is 1. The van der Waals surface area contributed by atoms with Gasteiger partial charge in [0.2, 0.25) is 0 Å². The second kappa shape index (κ2) is 5.21. The molecule has 19 heavy (non-hydrogen) atoms. The number of aryl methyl sites for hydroxylation is 1. The molecule has 1 saturated heterocycles. The van der Waals surface area contributed by atoms with Gasteiger partial charge in [-0.05, 0) is 51.3 Å². The number of phenolic OH excluding ortho intramolecular Hbond substituents is 1. The maximum Gasteiger partial charge on any atom is 0.255 e. The third-order valence-electron chi connectivity index (χ3n) is 3.43. The highest BCUT2D eigenvalue weighted by Crippen LogP contribution is 2.25. The van der Waals surface area contributed by atoms with Crippen LogP contribution < -0.4 is 5.32 Å². The monoisotopic (exact) mass is 263 g/mol. The van der Waals surface area contributed by atoms with Crippen molar-refractivity contribution in [1.29, 1.82) is 0 Å². The fourth-order valence-corrected chi connectivity index (χ4v) is 2.45. The number of carbonyl (C=O) groups excluding carboxylic acids is 1. The van der Waals surface area contributed by atoms with E-state index in [2.05, 4.69) is 5.32 Å². The largest absolute Gasteiger partial charge is 0.507 e. The van der Waals surface area contributed by atoms with Gasteiger partial charge in [-0.3, -0.25) is 4.79 Å². The maximum absolute atomic E-state index is 12.1. The standard InChI is InChI=1S/C15H21NO3/c1-10-4-5-12(13(17)8-10)14(18)16-11-6-7-19-15(2,3)9-11/h4-5,8,11,17H,6-7,9H2,1-3H3,(H,16,18). The minimum Gasteiger partial charge on any atom is -0.507 e. The molecule has 1 aliphatic rings. The first-order chi connectivity index (χ1) is 8.87. The molecule has 1 amide bonds. The van der Waals surface area contributed by atoms with Crippen LogP contribution in [0.25, 0.3) is 0 Å². The highest BCUT2D eigenvalue weighted by atomic mass is 16.5.